The van der Waals surface area contributed by atoms with Gasteiger partial charge in [-0.2, -0.15) is 5.10 Å². The van der Waals surface area contributed by atoms with E-state index < -0.39 is 6.10 Å². The number of carbonyl (C=O) groups is 1. The number of aromatic nitrogens is 2. The number of fused-ring (bicyclic) bond motifs is 1. The molecule has 5 heteroatoms. The quantitative estimate of drug-likeness (QED) is 0.844. The van der Waals surface area contributed by atoms with Crippen LogP contribution in [0.15, 0.2) is 36.5 Å². The second kappa shape index (κ2) is 4.85. The van der Waals surface area contributed by atoms with Gasteiger partial charge in [0.15, 0.2) is 6.10 Å². The van der Waals surface area contributed by atoms with Crippen LogP contribution in [-0.4, -0.2) is 32.7 Å². The van der Waals surface area contributed by atoms with Gasteiger partial charge in [-0.15, -0.1) is 0 Å². The molecule has 1 amide bonds. The van der Waals surface area contributed by atoms with E-state index in [0.29, 0.717) is 18.7 Å². The topological polar surface area (TPSA) is 69.2 Å². The number of aromatic amines is 1. The van der Waals surface area contributed by atoms with Crippen LogP contribution in [0.25, 0.3) is 0 Å². The minimum atomic E-state index is -1.09. The Bertz CT molecular complexity index is 579. The molecule has 0 fully saturated rings. The van der Waals surface area contributed by atoms with Crippen LogP contribution in [0, 0.1) is 0 Å². The number of carbonyl (C=O) groups excluding carboxylic acids is 1. The van der Waals surface area contributed by atoms with Gasteiger partial charge in [0, 0.05) is 6.54 Å². The van der Waals surface area contributed by atoms with Gasteiger partial charge in [-0.05, 0) is 17.5 Å². The molecule has 0 unspecified atom stereocenters. The molecular weight excluding hydrogens is 242 g/mol. The number of H-pyrrole nitrogens is 1. The standard InChI is InChI=1S/C14H15N3O2/c18-13(10-4-2-1-3-5-10)14(19)17-7-6-11-8-15-16-12(11)9-17/h1-5,8,13,18H,6-7,9H2,(H,15,16)/t13-/m0/s1. The summed E-state index contributed by atoms with van der Waals surface area (Å²) in [5.41, 5.74) is 2.74. The van der Waals surface area contributed by atoms with E-state index in [1.807, 2.05) is 18.2 Å². The van der Waals surface area contributed by atoms with Crippen LogP contribution in [0.4, 0.5) is 0 Å². The van der Waals surface area contributed by atoms with Crippen molar-refractivity contribution in [2.45, 2.75) is 19.1 Å². The van der Waals surface area contributed by atoms with Gasteiger partial charge in [0.25, 0.3) is 5.91 Å². The first kappa shape index (κ1) is 11.9. The second-order valence-electron chi connectivity index (χ2n) is 4.70. The highest BCUT2D eigenvalue weighted by Gasteiger charge is 2.27. The molecule has 1 aromatic carbocycles. The Hall–Kier alpha value is -2.14. The summed E-state index contributed by atoms with van der Waals surface area (Å²) in [5.74, 6) is -0.258. The number of hydrogen-bond donors (Lipinski definition) is 2. The Kier molecular flexibility index (Phi) is 3.05. The smallest absolute Gasteiger partial charge is 0.256 e. The van der Waals surface area contributed by atoms with Crippen molar-refractivity contribution in [3.8, 4) is 0 Å². The van der Waals surface area contributed by atoms with Gasteiger partial charge in [-0.25, -0.2) is 0 Å². The van der Waals surface area contributed by atoms with Crippen molar-refractivity contribution in [2.24, 2.45) is 0 Å². The minimum absolute atomic E-state index is 0.258. The number of aliphatic hydroxyl groups excluding tert-OH is 1. The number of aliphatic hydroxyl groups is 1. The van der Waals surface area contributed by atoms with E-state index in [0.717, 1.165) is 17.7 Å². The third-order valence-electron chi connectivity index (χ3n) is 3.47. The van der Waals surface area contributed by atoms with E-state index in [-0.39, 0.29) is 5.91 Å². The molecule has 0 bridgehead atoms. The van der Waals surface area contributed by atoms with Gasteiger partial charge >= 0.3 is 0 Å². The van der Waals surface area contributed by atoms with Crippen molar-refractivity contribution in [3.05, 3.63) is 53.3 Å². The third kappa shape index (κ3) is 2.24. The maximum absolute atomic E-state index is 12.3. The minimum Gasteiger partial charge on any atom is -0.378 e. The first-order chi connectivity index (χ1) is 9.25. The van der Waals surface area contributed by atoms with Crippen molar-refractivity contribution in [1.29, 1.82) is 0 Å². The number of hydrogen-bond acceptors (Lipinski definition) is 3. The second-order valence-corrected chi connectivity index (χ2v) is 4.70. The van der Waals surface area contributed by atoms with E-state index in [9.17, 15) is 9.90 Å². The Morgan fingerprint density at radius 3 is 2.95 bits per heavy atom. The molecule has 98 valence electrons. The highest BCUT2D eigenvalue weighted by Crippen LogP contribution is 2.21. The summed E-state index contributed by atoms with van der Waals surface area (Å²) in [6.07, 6.45) is 1.48. The number of rotatable bonds is 2. The fourth-order valence-electron chi connectivity index (χ4n) is 2.35. The largest absolute Gasteiger partial charge is 0.378 e. The monoisotopic (exact) mass is 257 g/mol. The normalized spacial score (nSPS) is 15.9. The highest BCUT2D eigenvalue weighted by atomic mass is 16.3. The van der Waals surface area contributed by atoms with Gasteiger partial charge in [0.2, 0.25) is 0 Å². The number of nitrogens with one attached hydrogen (secondary N) is 1. The van der Waals surface area contributed by atoms with E-state index in [1.54, 1.807) is 23.2 Å². The molecule has 5 nitrogen and oxygen atoms in total. The van der Waals surface area contributed by atoms with Crippen molar-refractivity contribution in [1.82, 2.24) is 15.1 Å². The van der Waals surface area contributed by atoms with Crippen LogP contribution in [-0.2, 0) is 17.8 Å². The summed E-state index contributed by atoms with van der Waals surface area (Å²) in [5, 5.41) is 17.0. The van der Waals surface area contributed by atoms with E-state index >= 15 is 0 Å². The summed E-state index contributed by atoms with van der Waals surface area (Å²) >= 11 is 0. The molecule has 1 atom stereocenters. The lowest BCUT2D eigenvalue weighted by Crippen LogP contribution is -2.38. The predicted octanol–water partition coefficient (Wildman–Crippen LogP) is 1.03. The van der Waals surface area contributed by atoms with Crippen LogP contribution >= 0.6 is 0 Å². The third-order valence-corrected chi connectivity index (χ3v) is 3.47. The summed E-state index contributed by atoms with van der Waals surface area (Å²) in [4.78, 5) is 13.9. The molecule has 0 saturated heterocycles. The maximum Gasteiger partial charge on any atom is 0.256 e. The predicted molar refractivity (Wildman–Crippen MR) is 69.1 cm³/mol. The fourth-order valence-corrected chi connectivity index (χ4v) is 2.35. The van der Waals surface area contributed by atoms with Crippen LogP contribution in [0.2, 0.25) is 0 Å². The Morgan fingerprint density at radius 2 is 2.16 bits per heavy atom. The van der Waals surface area contributed by atoms with Crippen molar-refractivity contribution < 1.29 is 9.90 Å². The Balaban J connectivity index is 1.75. The van der Waals surface area contributed by atoms with Crippen LogP contribution < -0.4 is 0 Å². The molecule has 3 rings (SSSR count). The molecule has 2 heterocycles. The summed E-state index contributed by atoms with van der Waals surface area (Å²) in [7, 11) is 0. The fraction of sp³-hybridized carbons (Fsp3) is 0.286. The zero-order valence-corrected chi connectivity index (χ0v) is 10.4. The van der Waals surface area contributed by atoms with Crippen molar-refractivity contribution >= 4 is 5.91 Å². The van der Waals surface area contributed by atoms with E-state index in [4.69, 9.17) is 0 Å². The maximum atomic E-state index is 12.3. The molecule has 1 aliphatic rings. The zero-order chi connectivity index (χ0) is 13.2. The average molecular weight is 257 g/mol. The van der Waals surface area contributed by atoms with E-state index in [1.165, 1.54) is 0 Å². The van der Waals surface area contributed by atoms with Crippen molar-refractivity contribution in [3.63, 3.8) is 0 Å². The lowest BCUT2D eigenvalue weighted by Gasteiger charge is -2.28. The lowest BCUT2D eigenvalue weighted by atomic mass is 10.0. The van der Waals surface area contributed by atoms with Crippen LogP contribution in [0.5, 0.6) is 0 Å². The summed E-state index contributed by atoms with van der Waals surface area (Å²) in [6, 6.07) is 9.00. The molecule has 1 aromatic heterocycles. The molecular formula is C14H15N3O2. The molecule has 2 aromatic rings. The van der Waals surface area contributed by atoms with Gasteiger partial charge in [-0.1, -0.05) is 30.3 Å². The van der Waals surface area contributed by atoms with E-state index in [2.05, 4.69) is 10.2 Å². The number of benzene rings is 1. The zero-order valence-electron chi connectivity index (χ0n) is 10.4. The number of amides is 1. The molecule has 2 N–H and O–H groups in total. The molecule has 19 heavy (non-hydrogen) atoms. The molecule has 0 spiro atoms. The Morgan fingerprint density at radius 1 is 1.37 bits per heavy atom. The highest BCUT2D eigenvalue weighted by molar-refractivity contribution is 5.82. The van der Waals surface area contributed by atoms with Crippen molar-refractivity contribution in [2.75, 3.05) is 6.54 Å². The molecule has 0 radical (unpaired) electrons. The van der Waals surface area contributed by atoms with Gasteiger partial charge in [0.1, 0.15) is 0 Å². The number of nitrogens with zero attached hydrogens (tertiary/aromatic N) is 2. The molecule has 0 aliphatic carbocycles. The molecule has 0 saturated carbocycles. The van der Waals surface area contributed by atoms with Gasteiger partial charge in [0.05, 0.1) is 18.4 Å². The van der Waals surface area contributed by atoms with Crippen LogP contribution in [0.3, 0.4) is 0 Å². The lowest BCUT2D eigenvalue weighted by molar-refractivity contribution is -0.141. The SMILES string of the molecule is O=C([C@@H](O)c1ccccc1)N1CCc2cn[nH]c2C1. The average Bonchev–Trinajstić information content (AvgIpc) is 2.94. The first-order valence-electron chi connectivity index (χ1n) is 6.28. The van der Waals surface area contributed by atoms with Gasteiger partial charge in [-0.3, -0.25) is 9.89 Å². The first-order valence-corrected chi connectivity index (χ1v) is 6.28. The summed E-state index contributed by atoms with van der Waals surface area (Å²) < 4.78 is 0. The van der Waals surface area contributed by atoms with Crippen LogP contribution in [0.1, 0.15) is 22.9 Å². The van der Waals surface area contributed by atoms with Gasteiger partial charge < -0.3 is 10.0 Å². The summed E-state index contributed by atoms with van der Waals surface area (Å²) in [6.45, 7) is 1.10. The molecule has 1 aliphatic heterocycles. The Labute approximate surface area is 110 Å².